The van der Waals surface area contributed by atoms with Gasteiger partial charge in [0.05, 0.1) is 22.9 Å². The third-order valence-electron chi connectivity index (χ3n) is 8.14. The van der Waals surface area contributed by atoms with Gasteiger partial charge in [-0.25, -0.2) is 11.0 Å². The Morgan fingerprint density at radius 1 is 1.11 bits per heavy atom. The first-order valence-electron chi connectivity index (χ1n) is 12.2. The fourth-order valence-electron chi connectivity index (χ4n) is 6.24. The van der Waals surface area contributed by atoms with Crippen molar-refractivity contribution in [1.82, 2.24) is 9.88 Å². The zero-order valence-corrected chi connectivity index (χ0v) is 19.5. The maximum absolute atomic E-state index is 14.3. The highest BCUT2D eigenvalue weighted by atomic mass is 19.1. The summed E-state index contributed by atoms with van der Waals surface area (Å²) in [6.45, 7) is 10.4. The summed E-state index contributed by atoms with van der Waals surface area (Å²) in [4.78, 5) is 26.1. The van der Waals surface area contributed by atoms with Crippen LogP contribution in [0.25, 0.3) is 15.7 Å². The first-order valence-corrected chi connectivity index (χ1v) is 12.2. The van der Waals surface area contributed by atoms with E-state index in [9.17, 15) is 14.3 Å². The number of anilines is 1. The number of carbonyl (C=O) groups is 1. The molecule has 6 nitrogen and oxygen atoms in total. The fourth-order valence-corrected chi connectivity index (χ4v) is 6.24. The standard InChI is InChI=1S/C28H27FN4O2/c1-30-28(19-5-3-2-4-6-19)9-11-32(12-10-28)25-22-13-20(29)7-8-24(22)31-16-23(25)26(35)33-17-27(18-33)14-21(34)15-27/h2-8,13,16,21,34H,9-12,14-15,17-18H2. The van der Waals surface area contributed by atoms with Gasteiger partial charge in [0.1, 0.15) is 5.82 Å². The number of aliphatic hydroxyl groups excluding tert-OH is 1. The molecule has 3 heterocycles. The minimum absolute atomic E-state index is 0.0572. The second kappa shape index (κ2) is 8.03. The average Bonchev–Trinajstić information content (AvgIpc) is 2.85. The van der Waals surface area contributed by atoms with Gasteiger partial charge in [-0.05, 0) is 31.0 Å². The van der Waals surface area contributed by atoms with Crippen molar-refractivity contribution >= 4 is 22.5 Å². The Kier molecular flexibility index (Phi) is 5.05. The van der Waals surface area contributed by atoms with Gasteiger partial charge >= 0.3 is 0 Å². The number of piperidine rings is 1. The molecule has 1 spiro atoms. The zero-order chi connectivity index (χ0) is 24.2. The molecule has 7 heteroatoms. The van der Waals surface area contributed by atoms with Gasteiger partial charge in [-0.1, -0.05) is 30.3 Å². The number of nitrogens with zero attached hydrogens (tertiary/aromatic N) is 4. The Morgan fingerprint density at radius 2 is 1.83 bits per heavy atom. The monoisotopic (exact) mass is 470 g/mol. The molecule has 0 unspecified atom stereocenters. The highest BCUT2D eigenvalue weighted by Gasteiger charge is 2.53. The molecule has 1 amide bonds. The van der Waals surface area contributed by atoms with E-state index < -0.39 is 5.54 Å². The molecular formula is C28H27FN4O2. The molecule has 2 aliphatic heterocycles. The van der Waals surface area contributed by atoms with Crippen LogP contribution in [0.15, 0.2) is 54.7 Å². The maximum atomic E-state index is 14.3. The highest BCUT2D eigenvalue weighted by molar-refractivity contribution is 6.07. The second-order valence-electron chi connectivity index (χ2n) is 10.4. The van der Waals surface area contributed by atoms with Crippen molar-refractivity contribution in [1.29, 1.82) is 0 Å². The van der Waals surface area contributed by atoms with Crippen molar-refractivity contribution < 1.29 is 14.3 Å². The lowest BCUT2D eigenvalue weighted by molar-refractivity contribution is -0.113. The largest absolute Gasteiger partial charge is 0.393 e. The van der Waals surface area contributed by atoms with Crippen LogP contribution in [-0.4, -0.2) is 53.2 Å². The smallest absolute Gasteiger partial charge is 0.260 e. The zero-order valence-electron chi connectivity index (χ0n) is 19.5. The van der Waals surface area contributed by atoms with E-state index in [0.717, 1.165) is 18.4 Å². The molecule has 3 aromatic rings. The van der Waals surface area contributed by atoms with E-state index in [4.69, 9.17) is 6.57 Å². The Bertz CT molecular complexity index is 1330. The van der Waals surface area contributed by atoms with Gasteiger partial charge < -0.3 is 19.8 Å². The number of carbonyl (C=O) groups excluding carboxylic acids is 1. The van der Waals surface area contributed by atoms with Crippen LogP contribution in [0.3, 0.4) is 0 Å². The molecule has 1 N–H and O–H groups in total. The predicted octanol–water partition coefficient (Wildman–Crippen LogP) is 4.39. The van der Waals surface area contributed by atoms with Gasteiger partial charge in [0, 0.05) is 61.6 Å². The topological polar surface area (TPSA) is 61.0 Å². The number of pyridine rings is 1. The summed E-state index contributed by atoms with van der Waals surface area (Å²) in [5.41, 5.74) is 2.32. The Hall–Kier alpha value is -3.50. The number of fused-ring (bicyclic) bond motifs is 1. The van der Waals surface area contributed by atoms with Gasteiger partial charge in [0.25, 0.3) is 11.4 Å². The van der Waals surface area contributed by atoms with Crippen LogP contribution >= 0.6 is 0 Å². The number of amides is 1. The molecule has 1 saturated carbocycles. The molecule has 6 rings (SSSR count). The van der Waals surface area contributed by atoms with E-state index in [-0.39, 0.29) is 23.2 Å². The molecule has 0 bridgehead atoms. The average molecular weight is 471 g/mol. The molecular weight excluding hydrogens is 443 g/mol. The molecule has 3 fully saturated rings. The highest BCUT2D eigenvalue weighted by Crippen LogP contribution is 2.49. The quantitative estimate of drug-likeness (QED) is 0.577. The number of halogens is 1. The Morgan fingerprint density at radius 3 is 2.49 bits per heavy atom. The first-order chi connectivity index (χ1) is 16.9. The number of aromatic nitrogens is 1. The summed E-state index contributed by atoms with van der Waals surface area (Å²) >= 11 is 0. The number of likely N-dealkylation sites (tertiary alicyclic amines) is 1. The molecule has 3 aliphatic rings. The van der Waals surface area contributed by atoms with Gasteiger partial charge in [-0.3, -0.25) is 9.78 Å². The molecule has 178 valence electrons. The fraction of sp³-hybridized carbons (Fsp3) is 0.393. The summed E-state index contributed by atoms with van der Waals surface area (Å²) < 4.78 is 14.3. The number of benzene rings is 2. The lowest BCUT2D eigenvalue weighted by Gasteiger charge is -2.57. The summed E-state index contributed by atoms with van der Waals surface area (Å²) in [7, 11) is 0. The SMILES string of the molecule is [C-]#[N+]C1(c2ccccc2)CCN(c2c(C(=O)N3CC4(CC(O)C4)C3)cnc3ccc(F)cc23)CC1. The summed E-state index contributed by atoms with van der Waals surface area (Å²) in [5, 5.41) is 10.3. The normalized spacial score (nSPS) is 20.8. The van der Waals surface area contributed by atoms with Crippen LogP contribution in [0.2, 0.25) is 0 Å². The summed E-state index contributed by atoms with van der Waals surface area (Å²) in [5.74, 6) is -0.468. The van der Waals surface area contributed by atoms with Gasteiger partial charge in [0.2, 0.25) is 0 Å². The number of hydrogen-bond acceptors (Lipinski definition) is 4. The van der Waals surface area contributed by atoms with Gasteiger partial charge in [-0.15, -0.1) is 0 Å². The first kappa shape index (κ1) is 22.0. The van der Waals surface area contributed by atoms with E-state index in [1.54, 1.807) is 12.3 Å². The van der Waals surface area contributed by atoms with E-state index in [1.165, 1.54) is 12.1 Å². The van der Waals surface area contributed by atoms with Crippen molar-refractivity contribution in [2.45, 2.75) is 37.3 Å². The molecule has 2 aromatic carbocycles. The van der Waals surface area contributed by atoms with E-state index in [1.807, 2.05) is 35.2 Å². The van der Waals surface area contributed by atoms with Crippen LogP contribution in [0.5, 0.6) is 0 Å². The van der Waals surface area contributed by atoms with Gasteiger partial charge in [0.15, 0.2) is 0 Å². The van der Waals surface area contributed by atoms with Crippen molar-refractivity contribution in [3.05, 3.63) is 83.1 Å². The number of aliphatic hydroxyl groups is 1. The Balaban J connectivity index is 1.33. The van der Waals surface area contributed by atoms with Crippen LogP contribution in [0, 0.1) is 17.8 Å². The minimum atomic E-state index is -0.592. The van der Waals surface area contributed by atoms with E-state index >= 15 is 0 Å². The third-order valence-corrected chi connectivity index (χ3v) is 8.14. The van der Waals surface area contributed by atoms with E-state index in [0.29, 0.717) is 61.2 Å². The third kappa shape index (κ3) is 3.55. The van der Waals surface area contributed by atoms with Crippen molar-refractivity contribution in [2.75, 3.05) is 31.1 Å². The molecule has 35 heavy (non-hydrogen) atoms. The van der Waals surface area contributed by atoms with Crippen LogP contribution in [0.1, 0.15) is 41.6 Å². The predicted molar refractivity (Wildman–Crippen MR) is 131 cm³/mol. The Labute approximate surface area is 203 Å². The second-order valence-corrected chi connectivity index (χ2v) is 10.4. The van der Waals surface area contributed by atoms with Crippen LogP contribution < -0.4 is 4.90 Å². The molecule has 2 saturated heterocycles. The molecule has 0 radical (unpaired) electrons. The summed E-state index contributed by atoms with van der Waals surface area (Å²) in [6, 6.07) is 14.4. The van der Waals surface area contributed by atoms with Crippen LogP contribution in [0.4, 0.5) is 10.1 Å². The lowest BCUT2D eigenvalue weighted by atomic mass is 9.62. The summed E-state index contributed by atoms with van der Waals surface area (Å²) in [6.07, 6.45) is 4.10. The molecule has 1 aliphatic carbocycles. The van der Waals surface area contributed by atoms with E-state index in [2.05, 4.69) is 14.7 Å². The number of rotatable bonds is 3. The van der Waals surface area contributed by atoms with Crippen molar-refractivity contribution in [2.24, 2.45) is 5.41 Å². The molecule has 1 aromatic heterocycles. The van der Waals surface area contributed by atoms with Gasteiger partial charge in [-0.2, -0.15) is 0 Å². The maximum Gasteiger partial charge on any atom is 0.260 e. The van der Waals surface area contributed by atoms with Crippen molar-refractivity contribution in [3.63, 3.8) is 0 Å². The minimum Gasteiger partial charge on any atom is -0.393 e. The molecule has 0 atom stereocenters. The van der Waals surface area contributed by atoms with Crippen molar-refractivity contribution in [3.8, 4) is 0 Å². The number of hydrogen-bond donors (Lipinski definition) is 1. The van der Waals surface area contributed by atoms with Crippen LogP contribution in [-0.2, 0) is 5.54 Å². The lowest BCUT2D eigenvalue weighted by Crippen LogP contribution is -2.65.